The first kappa shape index (κ1) is 13.1. The Balaban J connectivity index is 2.10. The minimum Gasteiger partial charge on any atom is -0.369 e. The summed E-state index contributed by atoms with van der Waals surface area (Å²) in [6, 6.07) is 3.57. The number of hydrogen-bond acceptors (Lipinski definition) is 2. The molecule has 0 aliphatic carbocycles. The van der Waals surface area contributed by atoms with E-state index in [0.29, 0.717) is 5.92 Å². The Labute approximate surface area is 116 Å². The molecule has 1 aliphatic heterocycles. The van der Waals surface area contributed by atoms with Gasteiger partial charge in [-0.3, -0.25) is 0 Å². The summed E-state index contributed by atoms with van der Waals surface area (Å²) in [6.45, 7) is 5.10. The summed E-state index contributed by atoms with van der Waals surface area (Å²) < 4.78 is 28.5. The second kappa shape index (κ2) is 4.89. The van der Waals surface area contributed by atoms with E-state index in [4.69, 9.17) is 0 Å². The molecule has 0 unspecified atom stereocenters. The van der Waals surface area contributed by atoms with Gasteiger partial charge in [0, 0.05) is 18.2 Å². The van der Waals surface area contributed by atoms with Crippen molar-refractivity contribution in [2.24, 2.45) is 5.92 Å². The van der Waals surface area contributed by atoms with E-state index in [1.54, 1.807) is 4.68 Å². The molecule has 0 saturated carbocycles. The first-order valence-corrected chi connectivity index (χ1v) is 6.86. The van der Waals surface area contributed by atoms with E-state index in [9.17, 15) is 8.78 Å². The van der Waals surface area contributed by atoms with Gasteiger partial charge in [-0.2, -0.15) is 5.10 Å². The average Bonchev–Trinajstić information content (AvgIpc) is 2.93. The fourth-order valence-corrected chi connectivity index (χ4v) is 2.62. The minimum absolute atomic E-state index is 0.284. The fraction of sp³-hybridized carbons (Fsp3) is 0.400. The van der Waals surface area contributed by atoms with Crippen LogP contribution in [-0.4, -0.2) is 16.3 Å². The van der Waals surface area contributed by atoms with E-state index < -0.39 is 11.6 Å². The summed E-state index contributed by atoms with van der Waals surface area (Å²) in [5.74, 6) is 0.151. The summed E-state index contributed by atoms with van der Waals surface area (Å²) in [5, 5.41) is 7.77. The van der Waals surface area contributed by atoms with E-state index >= 15 is 0 Å². The van der Waals surface area contributed by atoms with Crippen LogP contribution in [0.1, 0.15) is 25.1 Å². The molecule has 106 valence electrons. The number of hydrogen-bond donors (Lipinski definition) is 1. The van der Waals surface area contributed by atoms with Crippen LogP contribution in [0.4, 0.5) is 14.6 Å². The molecule has 0 atom stereocenters. The van der Waals surface area contributed by atoms with Crippen molar-refractivity contribution in [2.45, 2.75) is 26.7 Å². The maximum Gasteiger partial charge on any atom is 0.151 e. The predicted molar refractivity (Wildman–Crippen MR) is 74.2 cm³/mol. The van der Waals surface area contributed by atoms with Crippen LogP contribution in [0.25, 0.3) is 5.69 Å². The molecule has 1 aliphatic rings. The highest BCUT2D eigenvalue weighted by molar-refractivity contribution is 5.57. The van der Waals surface area contributed by atoms with Crippen molar-refractivity contribution in [3.8, 4) is 5.69 Å². The van der Waals surface area contributed by atoms with Gasteiger partial charge in [-0.15, -0.1) is 0 Å². The molecule has 20 heavy (non-hydrogen) atoms. The number of nitrogens with one attached hydrogen (secondary N) is 1. The maximum absolute atomic E-state index is 13.9. The molecule has 3 rings (SSSR count). The SMILES string of the molecule is CC(C)Cc1nn(-c2ccc(F)cc2F)c2c1CCN2. The fourth-order valence-electron chi connectivity index (χ4n) is 2.62. The zero-order chi connectivity index (χ0) is 14.3. The molecule has 1 aromatic carbocycles. The minimum atomic E-state index is -0.597. The standard InChI is InChI=1S/C15H17F2N3/c1-9(2)7-13-11-5-6-18-15(11)20(19-13)14-4-3-10(16)8-12(14)17/h3-4,8-9,18H,5-7H2,1-2H3. The smallest absolute Gasteiger partial charge is 0.151 e. The van der Waals surface area contributed by atoms with Crippen molar-refractivity contribution < 1.29 is 8.78 Å². The highest BCUT2D eigenvalue weighted by Crippen LogP contribution is 2.30. The van der Waals surface area contributed by atoms with Gasteiger partial charge in [0.15, 0.2) is 5.82 Å². The number of benzene rings is 1. The largest absolute Gasteiger partial charge is 0.369 e. The van der Waals surface area contributed by atoms with Crippen LogP contribution in [0.15, 0.2) is 18.2 Å². The predicted octanol–water partition coefficient (Wildman–Crippen LogP) is 3.32. The lowest BCUT2D eigenvalue weighted by molar-refractivity contribution is 0.571. The number of rotatable bonds is 3. The van der Waals surface area contributed by atoms with Gasteiger partial charge in [-0.25, -0.2) is 13.5 Å². The zero-order valence-corrected chi connectivity index (χ0v) is 11.6. The van der Waals surface area contributed by atoms with Crippen molar-refractivity contribution in [1.29, 1.82) is 0 Å². The van der Waals surface area contributed by atoms with E-state index in [2.05, 4.69) is 24.3 Å². The van der Waals surface area contributed by atoms with Gasteiger partial charge in [0.2, 0.25) is 0 Å². The lowest BCUT2D eigenvalue weighted by atomic mass is 10.0. The second-order valence-corrected chi connectivity index (χ2v) is 5.56. The zero-order valence-electron chi connectivity index (χ0n) is 11.6. The van der Waals surface area contributed by atoms with E-state index in [-0.39, 0.29) is 5.69 Å². The molecule has 0 saturated heterocycles. The van der Waals surface area contributed by atoms with Crippen LogP contribution in [0.3, 0.4) is 0 Å². The quantitative estimate of drug-likeness (QED) is 0.932. The molecule has 2 heterocycles. The number of halogens is 2. The number of fused-ring (bicyclic) bond motifs is 1. The lowest BCUT2D eigenvalue weighted by Crippen LogP contribution is -2.07. The molecule has 2 aromatic rings. The van der Waals surface area contributed by atoms with Crippen LogP contribution < -0.4 is 5.32 Å². The summed E-state index contributed by atoms with van der Waals surface area (Å²) in [4.78, 5) is 0. The Bertz CT molecular complexity index is 647. The Morgan fingerprint density at radius 2 is 2.15 bits per heavy atom. The maximum atomic E-state index is 13.9. The number of anilines is 1. The Morgan fingerprint density at radius 1 is 1.35 bits per heavy atom. The van der Waals surface area contributed by atoms with Crippen LogP contribution in [0.5, 0.6) is 0 Å². The lowest BCUT2D eigenvalue weighted by Gasteiger charge is -2.07. The first-order valence-electron chi connectivity index (χ1n) is 6.86. The summed E-state index contributed by atoms with van der Waals surface area (Å²) in [7, 11) is 0. The second-order valence-electron chi connectivity index (χ2n) is 5.56. The highest BCUT2D eigenvalue weighted by atomic mass is 19.1. The molecule has 5 heteroatoms. The normalized spacial score (nSPS) is 13.7. The van der Waals surface area contributed by atoms with Gasteiger partial charge < -0.3 is 5.32 Å². The third-order valence-corrected chi connectivity index (χ3v) is 3.47. The van der Waals surface area contributed by atoms with Gasteiger partial charge in [0.05, 0.1) is 5.69 Å². The van der Waals surface area contributed by atoms with Crippen molar-refractivity contribution in [1.82, 2.24) is 9.78 Å². The molecular weight excluding hydrogens is 260 g/mol. The van der Waals surface area contributed by atoms with E-state index in [0.717, 1.165) is 42.5 Å². The summed E-state index contributed by atoms with van der Waals surface area (Å²) in [6.07, 6.45) is 1.76. The van der Waals surface area contributed by atoms with Gasteiger partial charge in [-0.1, -0.05) is 13.8 Å². The summed E-state index contributed by atoms with van der Waals surface area (Å²) >= 11 is 0. The molecule has 1 N–H and O–H groups in total. The molecule has 0 amide bonds. The van der Waals surface area contributed by atoms with Crippen LogP contribution in [0, 0.1) is 17.6 Å². The molecule has 3 nitrogen and oxygen atoms in total. The molecular formula is C15H17F2N3. The highest BCUT2D eigenvalue weighted by Gasteiger charge is 2.24. The number of nitrogens with zero attached hydrogens (tertiary/aromatic N) is 2. The van der Waals surface area contributed by atoms with E-state index in [1.165, 1.54) is 12.1 Å². The van der Waals surface area contributed by atoms with Crippen LogP contribution >= 0.6 is 0 Å². The topological polar surface area (TPSA) is 29.9 Å². The van der Waals surface area contributed by atoms with E-state index in [1.807, 2.05) is 0 Å². The van der Waals surface area contributed by atoms with Gasteiger partial charge >= 0.3 is 0 Å². The van der Waals surface area contributed by atoms with Gasteiger partial charge in [0.25, 0.3) is 0 Å². The Hall–Kier alpha value is -1.91. The average molecular weight is 277 g/mol. The molecule has 0 bridgehead atoms. The Morgan fingerprint density at radius 3 is 2.85 bits per heavy atom. The van der Waals surface area contributed by atoms with Crippen molar-refractivity contribution in [3.05, 3.63) is 41.1 Å². The van der Waals surface area contributed by atoms with Crippen LogP contribution in [-0.2, 0) is 12.8 Å². The molecule has 0 radical (unpaired) electrons. The first-order chi connectivity index (χ1) is 9.56. The van der Waals surface area contributed by atoms with Crippen LogP contribution in [0.2, 0.25) is 0 Å². The van der Waals surface area contributed by atoms with Crippen molar-refractivity contribution in [2.75, 3.05) is 11.9 Å². The third kappa shape index (κ3) is 2.17. The van der Waals surface area contributed by atoms with Crippen molar-refractivity contribution in [3.63, 3.8) is 0 Å². The molecule has 1 aromatic heterocycles. The van der Waals surface area contributed by atoms with Gasteiger partial charge in [0.1, 0.15) is 17.3 Å². The third-order valence-electron chi connectivity index (χ3n) is 3.47. The van der Waals surface area contributed by atoms with Gasteiger partial charge in [-0.05, 0) is 30.9 Å². The molecule has 0 spiro atoms. The monoisotopic (exact) mass is 277 g/mol. The number of aromatic nitrogens is 2. The Kier molecular flexibility index (Phi) is 3.20. The summed E-state index contributed by atoms with van der Waals surface area (Å²) in [5.41, 5.74) is 2.44. The van der Waals surface area contributed by atoms with Crippen molar-refractivity contribution >= 4 is 5.82 Å². The molecule has 0 fully saturated rings.